The molecule has 0 unspecified atom stereocenters. The molecule has 0 radical (unpaired) electrons. The highest BCUT2D eigenvalue weighted by Gasteiger charge is 2.26. The molecule has 208 valence electrons. The summed E-state index contributed by atoms with van der Waals surface area (Å²) in [5.41, 5.74) is 16.2. The molecule has 1 aromatic carbocycles. The number of benzene rings is 1. The van der Waals surface area contributed by atoms with E-state index < -0.39 is 0 Å². The van der Waals surface area contributed by atoms with Crippen LogP contribution in [0.3, 0.4) is 0 Å². The van der Waals surface area contributed by atoms with Crippen LogP contribution >= 0.6 is 0 Å². The molecule has 1 amide bonds. The molecule has 8 N–H and O–H groups in total. The zero-order valence-electron chi connectivity index (χ0n) is 22.7. The molecule has 4 aromatic rings. The molecule has 0 saturated carbocycles. The lowest BCUT2D eigenvalue weighted by Gasteiger charge is -2.17. The topological polar surface area (TPSA) is 189 Å². The van der Waals surface area contributed by atoms with E-state index in [1.54, 1.807) is 10.9 Å². The Labute approximate surface area is 231 Å². The maximum atomic E-state index is 12.9. The molecular weight excluding hydrogens is 510 g/mol. The maximum Gasteiger partial charge on any atom is 0.238 e. The van der Waals surface area contributed by atoms with Crippen LogP contribution in [0.15, 0.2) is 48.6 Å². The molecule has 0 spiro atoms. The summed E-state index contributed by atoms with van der Waals surface area (Å²) in [6.07, 6.45) is 5.51. The number of H-pyrrole nitrogens is 1. The monoisotopic (exact) mass is 543 g/mol. The first-order chi connectivity index (χ1) is 19.2. The number of amidine groups is 1. The molecule has 13 nitrogen and oxygen atoms in total. The van der Waals surface area contributed by atoms with Gasteiger partial charge in [0.2, 0.25) is 11.9 Å². The van der Waals surface area contributed by atoms with Gasteiger partial charge in [0.25, 0.3) is 0 Å². The normalized spacial score (nSPS) is 15.9. The zero-order chi connectivity index (χ0) is 28.4. The van der Waals surface area contributed by atoms with E-state index in [1.807, 2.05) is 56.3 Å². The van der Waals surface area contributed by atoms with E-state index in [9.17, 15) is 4.79 Å². The molecule has 1 saturated heterocycles. The standard InChI is InChI=1S/C27H33N11O2/c1-15-11-32-27(34-23-9-16(2)37(3)36-23)35-25(15)19-12-31-26-18(19)5-4-6-20(26)33-24(39)14-38-8-7-17(13-38)40-22(30)10-21(28)29/h4-6,9-12,17,31H,7-8,13-14,30H2,1-3H3,(H3,28,29)(H,33,39)(H,32,34,35,36)/b22-10+/t17-/m0/s1. The summed E-state index contributed by atoms with van der Waals surface area (Å²) in [7, 11) is 1.88. The first-order valence-corrected chi connectivity index (χ1v) is 12.9. The molecule has 4 heterocycles. The summed E-state index contributed by atoms with van der Waals surface area (Å²) in [5, 5.41) is 18.8. The first kappa shape index (κ1) is 26.7. The number of rotatable bonds is 9. The van der Waals surface area contributed by atoms with E-state index in [0.29, 0.717) is 30.5 Å². The second-order valence-corrected chi connectivity index (χ2v) is 9.89. The Morgan fingerprint density at radius 2 is 2.15 bits per heavy atom. The Morgan fingerprint density at radius 1 is 1.32 bits per heavy atom. The van der Waals surface area contributed by atoms with Crippen LogP contribution in [0.4, 0.5) is 17.5 Å². The molecule has 13 heteroatoms. The number of hydrogen-bond donors (Lipinski definition) is 6. The number of nitrogens with two attached hydrogens (primary N) is 2. The summed E-state index contributed by atoms with van der Waals surface area (Å²) < 4.78 is 7.42. The number of carbonyl (C=O) groups excluding carboxylic acids is 1. The second-order valence-electron chi connectivity index (χ2n) is 9.89. The highest BCUT2D eigenvalue weighted by Crippen LogP contribution is 2.33. The van der Waals surface area contributed by atoms with E-state index in [1.165, 1.54) is 6.08 Å². The van der Waals surface area contributed by atoms with Crippen molar-refractivity contribution in [1.82, 2.24) is 29.6 Å². The minimum Gasteiger partial charge on any atom is -0.475 e. The average molecular weight is 544 g/mol. The smallest absolute Gasteiger partial charge is 0.238 e. The number of nitrogens with one attached hydrogen (secondary N) is 4. The van der Waals surface area contributed by atoms with Crippen LogP contribution in [0.25, 0.3) is 22.2 Å². The first-order valence-electron chi connectivity index (χ1n) is 12.9. The second kappa shape index (κ2) is 11.1. The maximum absolute atomic E-state index is 12.9. The lowest BCUT2D eigenvalue weighted by molar-refractivity contribution is -0.117. The minimum atomic E-state index is -0.167. The fourth-order valence-electron chi connectivity index (χ4n) is 4.78. The van der Waals surface area contributed by atoms with Crippen molar-refractivity contribution in [2.45, 2.75) is 26.4 Å². The van der Waals surface area contributed by atoms with E-state index in [0.717, 1.165) is 39.8 Å². The van der Waals surface area contributed by atoms with Crippen LogP contribution in [-0.4, -0.2) is 67.1 Å². The molecule has 5 rings (SSSR count). The lowest BCUT2D eigenvalue weighted by Crippen LogP contribution is -2.32. The number of fused-ring (bicyclic) bond motifs is 1. The number of likely N-dealkylation sites (tertiary alicyclic amines) is 1. The largest absolute Gasteiger partial charge is 0.475 e. The molecule has 1 fully saturated rings. The number of amides is 1. The van der Waals surface area contributed by atoms with Crippen molar-refractivity contribution in [1.29, 1.82) is 5.41 Å². The molecule has 1 aliphatic heterocycles. The van der Waals surface area contributed by atoms with Crippen LogP contribution < -0.4 is 22.1 Å². The lowest BCUT2D eigenvalue weighted by atomic mass is 10.1. The quantitative estimate of drug-likeness (QED) is 0.105. The molecule has 0 aliphatic carbocycles. The van der Waals surface area contributed by atoms with Gasteiger partial charge in [-0.3, -0.25) is 19.8 Å². The van der Waals surface area contributed by atoms with Crippen molar-refractivity contribution >= 4 is 40.1 Å². The van der Waals surface area contributed by atoms with Gasteiger partial charge in [-0.05, 0) is 31.9 Å². The van der Waals surface area contributed by atoms with Gasteiger partial charge in [-0.1, -0.05) is 12.1 Å². The van der Waals surface area contributed by atoms with Crippen molar-refractivity contribution in [3.05, 3.63) is 59.9 Å². The number of aryl methyl sites for hydroxylation is 3. The van der Waals surface area contributed by atoms with Gasteiger partial charge in [0.15, 0.2) is 11.7 Å². The SMILES string of the molecule is Cc1cnc(Nc2cc(C)n(C)n2)nc1-c1c[nH]c2c(NC(=O)CN3CC[C@H](O/C(N)=C/C(=N)N)C3)cccc12. The number of hydrogen-bond acceptors (Lipinski definition) is 9. The highest BCUT2D eigenvalue weighted by atomic mass is 16.5. The van der Waals surface area contributed by atoms with Gasteiger partial charge in [-0.25, -0.2) is 9.97 Å². The van der Waals surface area contributed by atoms with E-state index >= 15 is 0 Å². The molecule has 0 bridgehead atoms. The van der Waals surface area contributed by atoms with Crippen LogP contribution in [-0.2, 0) is 16.6 Å². The van der Waals surface area contributed by atoms with Gasteiger partial charge < -0.3 is 31.8 Å². The average Bonchev–Trinajstić information content (AvgIpc) is 3.59. The Bertz CT molecular complexity index is 1580. The van der Waals surface area contributed by atoms with Gasteiger partial charge in [-0.15, -0.1) is 0 Å². The van der Waals surface area contributed by atoms with Gasteiger partial charge in [0.1, 0.15) is 11.9 Å². The Hall–Kier alpha value is -4.91. The number of nitrogens with zero attached hydrogens (tertiary/aromatic N) is 5. The Kier molecular flexibility index (Phi) is 7.38. The van der Waals surface area contributed by atoms with Crippen molar-refractivity contribution < 1.29 is 9.53 Å². The highest BCUT2D eigenvalue weighted by molar-refractivity contribution is 6.06. The van der Waals surface area contributed by atoms with E-state index in [2.05, 4.69) is 25.7 Å². The van der Waals surface area contributed by atoms with Crippen LogP contribution in [0.2, 0.25) is 0 Å². The van der Waals surface area contributed by atoms with Crippen molar-refractivity contribution in [3.8, 4) is 11.3 Å². The van der Waals surface area contributed by atoms with Gasteiger partial charge >= 0.3 is 0 Å². The fourth-order valence-corrected chi connectivity index (χ4v) is 4.78. The summed E-state index contributed by atoms with van der Waals surface area (Å²) in [6, 6.07) is 7.70. The van der Waals surface area contributed by atoms with Gasteiger partial charge in [0, 0.05) is 61.3 Å². The fraction of sp³-hybridized carbons (Fsp3) is 0.296. The van der Waals surface area contributed by atoms with E-state index in [-0.39, 0.29) is 30.3 Å². The molecule has 3 aromatic heterocycles. The van der Waals surface area contributed by atoms with Crippen molar-refractivity contribution in [3.63, 3.8) is 0 Å². The third kappa shape index (κ3) is 5.89. The molecule has 1 aliphatic rings. The molecule has 1 atom stereocenters. The predicted octanol–water partition coefficient (Wildman–Crippen LogP) is 2.48. The number of aromatic amines is 1. The number of para-hydroxylation sites is 1. The summed E-state index contributed by atoms with van der Waals surface area (Å²) in [6.45, 7) is 5.41. The minimum absolute atomic E-state index is 0.103. The van der Waals surface area contributed by atoms with E-state index in [4.69, 9.17) is 26.6 Å². The Morgan fingerprint density at radius 3 is 2.90 bits per heavy atom. The molecular formula is C27H33N11O2. The van der Waals surface area contributed by atoms with Crippen molar-refractivity contribution in [2.75, 3.05) is 30.3 Å². The summed E-state index contributed by atoms with van der Waals surface area (Å²) >= 11 is 0. The summed E-state index contributed by atoms with van der Waals surface area (Å²) in [5.74, 6) is 0.924. The predicted molar refractivity (Wildman–Crippen MR) is 154 cm³/mol. The Balaban J connectivity index is 1.29. The molecule has 40 heavy (non-hydrogen) atoms. The van der Waals surface area contributed by atoms with Crippen LogP contribution in [0.5, 0.6) is 0 Å². The zero-order valence-corrected chi connectivity index (χ0v) is 22.7. The van der Waals surface area contributed by atoms with Gasteiger partial charge in [-0.2, -0.15) is 5.10 Å². The third-order valence-corrected chi connectivity index (χ3v) is 6.77. The number of ether oxygens (including phenoxy) is 1. The van der Waals surface area contributed by atoms with Crippen molar-refractivity contribution in [2.24, 2.45) is 18.5 Å². The third-order valence-electron chi connectivity index (χ3n) is 6.77. The van der Waals surface area contributed by atoms with Crippen LogP contribution in [0.1, 0.15) is 17.7 Å². The summed E-state index contributed by atoms with van der Waals surface area (Å²) in [4.78, 5) is 27.5. The number of aromatic nitrogens is 5. The van der Waals surface area contributed by atoms with Crippen LogP contribution in [0, 0.1) is 19.3 Å². The van der Waals surface area contributed by atoms with Gasteiger partial charge in [0.05, 0.1) is 23.4 Å². The number of carbonyl (C=O) groups is 1. The number of anilines is 3.